The van der Waals surface area contributed by atoms with Crippen LogP contribution < -0.4 is 10.1 Å². The number of nitrogens with one attached hydrogen (secondary N) is 1. The van der Waals surface area contributed by atoms with Crippen LogP contribution in [0.15, 0.2) is 42.5 Å². The van der Waals surface area contributed by atoms with Gasteiger partial charge in [-0.15, -0.1) is 0 Å². The first-order valence-electron chi connectivity index (χ1n) is 5.92. The number of benzene rings is 2. The van der Waals surface area contributed by atoms with E-state index in [0.717, 1.165) is 16.9 Å². The summed E-state index contributed by atoms with van der Waals surface area (Å²) in [6.45, 7) is 0. The molecule has 0 aliphatic carbocycles. The molecule has 4 heteroatoms. The second-order valence-electron chi connectivity index (χ2n) is 4.13. The zero-order valence-corrected chi connectivity index (χ0v) is 12.3. The van der Waals surface area contributed by atoms with Gasteiger partial charge < -0.3 is 10.1 Å². The van der Waals surface area contributed by atoms with Crippen molar-refractivity contribution >= 4 is 23.2 Å². The molecule has 0 bridgehead atoms. The van der Waals surface area contributed by atoms with Crippen LogP contribution in [0.5, 0.6) is 5.75 Å². The number of methoxy groups -OCH3 is 1. The van der Waals surface area contributed by atoms with Gasteiger partial charge >= 0.3 is 0 Å². The van der Waals surface area contributed by atoms with Crippen molar-refractivity contribution in [1.29, 1.82) is 0 Å². The van der Waals surface area contributed by atoms with Gasteiger partial charge in [0.05, 0.1) is 13.2 Å². The first kappa shape index (κ1) is 14.2. The molecular formula is C15H15Cl2NO. The molecule has 1 N–H and O–H groups in total. The van der Waals surface area contributed by atoms with Gasteiger partial charge in [-0.05, 0) is 36.9 Å². The molecule has 0 spiro atoms. The number of hydrogen-bond acceptors (Lipinski definition) is 2. The second kappa shape index (κ2) is 6.29. The molecule has 19 heavy (non-hydrogen) atoms. The van der Waals surface area contributed by atoms with E-state index in [1.807, 2.05) is 49.5 Å². The molecule has 2 rings (SSSR count). The molecule has 100 valence electrons. The lowest BCUT2D eigenvalue weighted by atomic mass is 9.98. The van der Waals surface area contributed by atoms with E-state index in [1.165, 1.54) is 0 Å². The van der Waals surface area contributed by atoms with E-state index in [4.69, 9.17) is 27.9 Å². The van der Waals surface area contributed by atoms with Gasteiger partial charge in [0, 0.05) is 15.6 Å². The molecule has 1 unspecified atom stereocenters. The highest BCUT2D eigenvalue weighted by Gasteiger charge is 2.18. The summed E-state index contributed by atoms with van der Waals surface area (Å²) < 4.78 is 5.25. The maximum atomic E-state index is 6.27. The zero-order chi connectivity index (χ0) is 13.8. The SMILES string of the molecule is CNC(c1cccc(OC)c1)c1c(Cl)cccc1Cl. The fourth-order valence-corrected chi connectivity index (χ4v) is 2.70. The Kier molecular flexibility index (Phi) is 4.70. The number of ether oxygens (including phenoxy) is 1. The molecule has 1 atom stereocenters. The van der Waals surface area contributed by atoms with Gasteiger partial charge in [-0.25, -0.2) is 0 Å². The van der Waals surface area contributed by atoms with Crippen molar-refractivity contribution < 1.29 is 4.74 Å². The van der Waals surface area contributed by atoms with Crippen LogP contribution in [-0.4, -0.2) is 14.2 Å². The summed E-state index contributed by atoms with van der Waals surface area (Å²) in [6.07, 6.45) is 0. The lowest BCUT2D eigenvalue weighted by molar-refractivity contribution is 0.414. The third-order valence-corrected chi connectivity index (χ3v) is 3.66. The Morgan fingerprint density at radius 3 is 2.26 bits per heavy atom. The normalized spacial score (nSPS) is 12.2. The molecule has 0 aliphatic heterocycles. The van der Waals surface area contributed by atoms with E-state index in [1.54, 1.807) is 7.11 Å². The van der Waals surface area contributed by atoms with Crippen LogP contribution in [0.1, 0.15) is 17.2 Å². The average molecular weight is 296 g/mol. The van der Waals surface area contributed by atoms with E-state index in [-0.39, 0.29) is 6.04 Å². The fraction of sp³-hybridized carbons (Fsp3) is 0.200. The van der Waals surface area contributed by atoms with Crippen LogP contribution in [0.2, 0.25) is 10.0 Å². The van der Waals surface area contributed by atoms with Gasteiger partial charge in [-0.2, -0.15) is 0 Å². The van der Waals surface area contributed by atoms with Gasteiger partial charge in [-0.1, -0.05) is 41.4 Å². The predicted molar refractivity (Wildman–Crippen MR) is 80.4 cm³/mol. The molecule has 0 amide bonds. The Morgan fingerprint density at radius 1 is 1.05 bits per heavy atom. The highest BCUT2D eigenvalue weighted by Crippen LogP contribution is 2.34. The molecule has 0 aromatic heterocycles. The first-order chi connectivity index (χ1) is 9.17. The van der Waals surface area contributed by atoms with Crippen molar-refractivity contribution in [3.63, 3.8) is 0 Å². The summed E-state index contributed by atoms with van der Waals surface area (Å²) in [6, 6.07) is 13.3. The van der Waals surface area contributed by atoms with E-state index < -0.39 is 0 Å². The number of halogens is 2. The average Bonchev–Trinajstić information content (AvgIpc) is 2.43. The van der Waals surface area contributed by atoms with Gasteiger partial charge in [0.15, 0.2) is 0 Å². The predicted octanol–water partition coefficient (Wildman–Crippen LogP) is 4.31. The topological polar surface area (TPSA) is 21.3 Å². The summed E-state index contributed by atoms with van der Waals surface area (Å²) in [5, 5.41) is 4.54. The van der Waals surface area contributed by atoms with Crippen LogP contribution in [0.25, 0.3) is 0 Å². The van der Waals surface area contributed by atoms with Gasteiger partial charge in [0.25, 0.3) is 0 Å². The maximum absolute atomic E-state index is 6.27. The minimum absolute atomic E-state index is 0.0729. The largest absolute Gasteiger partial charge is 0.497 e. The van der Waals surface area contributed by atoms with E-state index in [2.05, 4.69) is 5.32 Å². The standard InChI is InChI=1S/C15H15Cl2NO/c1-18-15(10-5-3-6-11(9-10)19-2)14-12(16)7-4-8-13(14)17/h3-9,15,18H,1-2H3. The minimum atomic E-state index is -0.0729. The molecule has 0 fully saturated rings. The molecule has 2 aromatic carbocycles. The Morgan fingerprint density at radius 2 is 1.68 bits per heavy atom. The lowest BCUT2D eigenvalue weighted by Gasteiger charge is -2.20. The van der Waals surface area contributed by atoms with E-state index >= 15 is 0 Å². The second-order valence-corrected chi connectivity index (χ2v) is 4.95. The zero-order valence-electron chi connectivity index (χ0n) is 10.8. The molecule has 2 nitrogen and oxygen atoms in total. The molecule has 2 aromatic rings. The highest BCUT2D eigenvalue weighted by molar-refractivity contribution is 6.36. The Hall–Kier alpha value is -1.22. The first-order valence-corrected chi connectivity index (χ1v) is 6.68. The monoisotopic (exact) mass is 295 g/mol. The highest BCUT2D eigenvalue weighted by atomic mass is 35.5. The molecular weight excluding hydrogens is 281 g/mol. The van der Waals surface area contributed by atoms with Gasteiger partial charge in [0.1, 0.15) is 5.75 Å². The van der Waals surface area contributed by atoms with Gasteiger partial charge in [-0.3, -0.25) is 0 Å². The third kappa shape index (κ3) is 3.03. The Bertz CT molecular complexity index is 552. The molecule has 0 saturated heterocycles. The van der Waals surface area contributed by atoms with Gasteiger partial charge in [0.2, 0.25) is 0 Å². The van der Waals surface area contributed by atoms with Crippen molar-refractivity contribution in [2.24, 2.45) is 0 Å². The lowest BCUT2D eigenvalue weighted by Crippen LogP contribution is -2.18. The fourth-order valence-electron chi connectivity index (χ4n) is 2.09. The summed E-state index contributed by atoms with van der Waals surface area (Å²) >= 11 is 12.5. The van der Waals surface area contributed by atoms with E-state index in [0.29, 0.717) is 10.0 Å². The number of rotatable bonds is 4. The van der Waals surface area contributed by atoms with Crippen molar-refractivity contribution in [2.75, 3.05) is 14.2 Å². The molecule has 0 heterocycles. The summed E-state index contributed by atoms with van der Waals surface area (Å²) in [7, 11) is 3.53. The smallest absolute Gasteiger partial charge is 0.119 e. The van der Waals surface area contributed by atoms with Crippen LogP contribution in [0.3, 0.4) is 0 Å². The van der Waals surface area contributed by atoms with Crippen molar-refractivity contribution in [3.05, 3.63) is 63.6 Å². The van der Waals surface area contributed by atoms with Crippen LogP contribution in [0.4, 0.5) is 0 Å². The summed E-state index contributed by atoms with van der Waals surface area (Å²) in [5.41, 5.74) is 1.93. The number of hydrogen-bond donors (Lipinski definition) is 1. The molecule has 0 radical (unpaired) electrons. The molecule has 0 saturated carbocycles. The Balaban J connectivity index is 2.50. The van der Waals surface area contributed by atoms with Crippen molar-refractivity contribution in [2.45, 2.75) is 6.04 Å². The quantitative estimate of drug-likeness (QED) is 0.907. The van der Waals surface area contributed by atoms with E-state index in [9.17, 15) is 0 Å². The Labute approximate surface area is 123 Å². The van der Waals surface area contributed by atoms with Crippen LogP contribution in [0, 0.1) is 0 Å². The summed E-state index contributed by atoms with van der Waals surface area (Å²) in [5.74, 6) is 0.806. The molecule has 0 aliphatic rings. The van der Waals surface area contributed by atoms with Crippen LogP contribution in [-0.2, 0) is 0 Å². The third-order valence-electron chi connectivity index (χ3n) is 3.00. The minimum Gasteiger partial charge on any atom is -0.497 e. The van der Waals surface area contributed by atoms with Crippen molar-refractivity contribution in [3.8, 4) is 5.75 Å². The van der Waals surface area contributed by atoms with Crippen molar-refractivity contribution in [1.82, 2.24) is 5.32 Å². The van der Waals surface area contributed by atoms with Crippen LogP contribution >= 0.6 is 23.2 Å². The summed E-state index contributed by atoms with van der Waals surface area (Å²) in [4.78, 5) is 0. The maximum Gasteiger partial charge on any atom is 0.119 e.